The van der Waals surface area contributed by atoms with Crippen molar-refractivity contribution in [1.29, 1.82) is 0 Å². The summed E-state index contributed by atoms with van der Waals surface area (Å²) < 4.78 is 59.0. The van der Waals surface area contributed by atoms with Crippen LogP contribution in [-0.4, -0.2) is 71.7 Å². The Morgan fingerprint density at radius 3 is 2.32 bits per heavy atom. The molecule has 0 aliphatic carbocycles. The van der Waals surface area contributed by atoms with Gasteiger partial charge in [-0.15, -0.1) is 0 Å². The van der Waals surface area contributed by atoms with Crippen LogP contribution < -0.4 is 14.2 Å². The smallest absolute Gasteiger partial charge is 0.188 e. The third kappa shape index (κ3) is 7.56. The second-order valence-corrected chi connectivity index (χ2v) is 9.27. The molecule has 2 atom stereocenters. The molecular weight excluding hydrogens is 499 g/mol. The summed E-state index contributed by atoms with van der Waals surface area (Å²) in [7, 11) is 4.43. The Bertz CT molecular complexity index is 1040. The normalized spacial score (nSPS) is 17.4. The summed E-state index contributed by atoms with van der Waals surface area (Å²) in [6.07, 6.45) is -0.339. The Balaban J connectivity index is 1.98. The van der Waals surface area contributed by atoms with E-state index in [1.807, 2.05) is 20.8 Å². The van der Waals surface area contributed by atoms with Gasteiger partial charge >= 0.3 is 0 Å². The minimum atomic E-state index is -1.20. The number of aliphatic hydroxyl groups is 1. The number of methoxy groups -OCH3 is 3. The maximum absolute atomic E-state index is 14.6. The van der Waals surface area contributed by atoms with E-state index in [-0.39, 0.29) is 25.4 Å². The van der Waals surface area contributed by atoms with E-state index in [1.165, 1.54) is 33.5 Å². The molecule has 1 N–H and O–H groups in total. The molecule has 0 aromatic heterocycles. The van der Waals surface area contributed by atoms with Gasteiger partial charge in [0.05, 0.1) is 26.9 Å². The van der Waals surface area contributed by atoms with Crippen molar-refractivity contribution >= 4 is 0 Å². The van der Waals surface area contributed by atoms with Crippen molar-refractivity contribution in [2.75, 3.05) is 54.7 Å². The second-order valence-electron chi connectivity index (χ2n) is 9.27. The molecule has 9 nitrogen and oxygen atoms in total. The average Bonchev–Trinajstić information content (AvgIpc) is 3.26. The molecule has 0 radical (unpaired) electrons. The zero-order chi connectivity index (χ0) is 27.7. The number of hydrogen-bond acceptors (Lipinski definition) is 9. The van der Waals surface area contributed by atoms with E-state index in [0.717, 1.165) is 11.1 Å². The van der Waals surface area contributed by atoms with Crippen LogP contribution in [0.15, 0.2) is 24.3 Å². The van der Waals surface area contributed by atoms with Crippen molar-refractivity contribution < 1.29 is 47.4 Å². The summed E-state index contributed by atoms with van der Waals surface area (Å²) in [4.78, 5) is 0. The fourth-order valence-electron chi connectivity index (χ4n) is 4.46. The molecule has 2 aromatic carbocycles. The van der Waals surface area contributed by atoms with Crippen molar-refractivity contribution in [3.63, 3.8) is 0 Å². The minimum absolute atomic E-state index is 0.0348. The van der Waals surface area contributed by atoms with Gasteiger partial charge in [-0.1, -0.05) is 13.0 Å². The van der Waals surface area contributed by atoms with Gasteiger partial charge in [0.25, 0.3) is 0 Å². The van der Waals surface area contributed by atoms with E-state index in [4.69, 9.17) is 37.9 Å². The lowest BCUT2D eigenvalue weighted by Gasteiger charge is -2.25. The molecule has 38 heavy (non-hydrogen) atoms. The fourth-order valence-corrected chi connectivity index (χ4v) is 4.46. The molecule has 212 valence electrons. The molecule has 1 saturated heterocycles. The van der Waals surface area contributed by atoms with Crippen LogP contribution in [0, 0.1) is 5.82 Å². The maximum Gasteiger partial charge on any atom is 0.188 e. The summed E-state index contributed by atoms with van der Waals surface area (Å²) in [6.45, 7) is 6.84. The van der Waals surface area contributed by atoms with Gasteiger partial charge in [0.2, 0.25) is 0 Å². The van der Waals surface area contributed by atoms with E-state index in [9.17, 15) is 9.50 Å². The van der Waals surface area contributed by atoms with Crippen molar-refractivity contribution in [2.45, 2.75) is 51.6 Å². The molecule has 2 aromatic rings. The lowest BCUT2D eigenvalue weighted by atomic mass is 9.89. The molecule has 2 unspecified atom stereocenters. The number of ether oxygens (including phenoxy) is 8. The van der Waals surface area contributed by atoms with E-state index in [0.29, 0.717) is 55.3 Å². The first-order valence-electron chi connectivity index (χ1n) is 12.6. The van der Waals surface area contributed by atoms with Crippen LogP contribution in [-0.2, 0) is 36.5 Å². The number of rotatable bonds is 15. The van der Waals surface area contributed by atoms with Crippen molar-refractivity contribution in [3.8, 4) is 17.2 Å². The Kier molecular flexibility index (Phi) is 11.1. The van der Waals surface area contributed by atoms with E-state index < -0.39 is 17.7 Å². The largest absolute Gasteiger partial charge is 0.494 e. The first kappa shape index (κ1) is 30.1. The first-order chi connectivity index (χ1) is 18.2. The SMILES string of the molecule is CCc1c(OCOC)cc(OCOC)c(C(O)c2ccc(OC)c(F)c2)c1CCOCC1COC(C)(C)O1. The summed E-state index contributed by atoms with van der Waals surface area (Å²) >= 11 is 0. The number of benzene rings is 2. The monoisotopic (exact) mass is 538 g/mol. The Morgan fingerprint density at radius 2 is 1.74 bits per heavy atom. The first-order valence-corrected chi connectivity index (χ1v) is 12.6. The molecule has 1 aliphatic heterocycles. The van der Waals surface area contributed by atoms with Crippen molar-refractivity contribution in [2.24, 2.45) is 0 Å². The van der Waals surface area contributed by atoms with Gasteiger partial charge in [-0.3, -0.25) is 0 Å². The second kappa shape index (κ2) is 14.1. The van der Waals surface area contributed by atoms with Gasteiger partial charge in [-0.25, -0.2) is 4.39 Å². The number of aliphatic hydroxyl groups excluding tert-OH is 1. The maximum atomic E-state index is 14.6. The Labute approximate surface area is 223 Å². The van der Waals surface area contributed by atoms with Crippen LogP contribution in [0.3, 0.4) is 0 Å². The van der Waals surface area contributed by atoms with Gasteiger partial charge in [-0.2, -0.15) is 0 Å². The van der Waals surface area contributed by atoms with Crippen LogP contribution in [0.5, 0.6) is 17.2 Å². The topological polar surface area (TPSA) is 94.1 Å². The molecule has 0 saturated carbocycles. The van der Waals surface area contributed by atoms with Crippen molar-refractivity contribution in [3.05, 3.63) is 52.3 Å². The van der Waals surface area contributed by atoms with Gasteiger partial charge < -0.3 is 43.0 Å². The van der Waals surface area contributed by atoms with Gasteiger partial charge in [-0.05, 0) is 55.5 Å². The van der Waals surface area contributed by atoms with Gasteiger partial charge in [0.15, 0.2) is 30.9 Å². The highest BCUT2D eigenvalue weighted by Crippen LogP contribution is 2.41. The Morgan fingerprint density at radius 1 is 1.03 bits per heavy atom. The van der Waals surface area contributed by atoms with Crippen LogP contribution in [0.2, 0.25) is 0 Å². The molecule has 0 bridgehead atoms. The zero-order valence-corrected chi connectivity index (χ0v) is 23.0. The van der Waals surface area contributed by atoms with Gasteiger partial charge in [0.1, 0.15) is 23.7 Å². The highest BCUT2D eigenvalue weighted by molar-refractivity contribution is 5.56. The van der Waals surface area contributed by atoms with E-state index in [1.54, 1.807) is 12.1 Å². The van der Waals surface area contributed by atoms with Crippen LogP contribution in [0.4, 0.5) is 4.39 Å². The molecule has 1 heterocycles. The van der Waals surface area contributed by atoms with Crippen LogP contribution in [0.1, 0.15) is 49.1 Å². The summed E-state index contributed by atoms with van der Waals surface area (Å²) in [6, 6.07) is 6.05. The zero-order valence-electron chi connectivity index (χ0n) is 23.0. The average molecular weight is 539 g/mol. The van der Waals surface area contributed by atoms with E-state index in [2.05, 4.69) is 0 Å². The lowest BCUT2D eigenvalue weighted by molar-refractivity contribution is -0.144. The molecule has 1 aliphatic rings. The highest BCUT2D eigenvalue weighted by atomic mass is 19.1. The predicted octanol–water partition coefficient (Wildman–Crippen LogP) is 4.15. The molecule has 0 spiro atoms. The minimum Gasteiger partial charge on any atom is -0.494 e. The summed E-state index contributed by atoms with van der Waals surface area (Å²) in [5.74, 6) is -0.214. The third-order valence-electron chi connectivity index (χ3n) is 6.17. The summed E-state index contributed by atoms with van der Waals surface area (Å²) in [5, 5.41) is 11.5. The Hall–Kier alpha value is -2.47. The molecular formula is C28H39FO9. The number of halogens is 1. The van der Waals surface area contributed by atoms with E-state index >= 15 is 0 Å². The summed E-state index contributed by atoms with van der Waals surface area (Å²) in [5.41, 5.74) is 2.47. The lowest BCUT2D eigenvalue weighted by Crippen LogP contribution is -2.24. The van der Waals surface area contributed by atoms with Crippen LogP contribution >= 0.6 is 0 Å². The molecule has 1 fully saturated rings. The molecule has 10 heteroatoms. The highest BCUT2D eigenvalue weighted by Gasteiger charge is 2.33. The molecule has 0 amide bonds. The standard InChI is InChI=1S/C28H39FO9/c1-7-20-21(10-11-34-14-19-15-37-28(2,3)38-19)26(25(36-17-32-5)13-24(20)35-16-31-4)27(30)18-8-9-23(33-6)22(29)12-18/h8-9,12-13,19,27,30H,7,10-11,14-17H2,1-6H3. The quantitative estimate of drug-likeness (QED) is 0.265. The van der Waals surface area contributed by atoms with Crippen molar-refractivity contribution in [1.82, 2.24) is 0 Å². The molecule has 3 rings (SSSR count). The van der Waals surface area contributed by atoms with Gasteiger partial charge in [0, 0.05) is 25.8 Å². The third-order valence-corrected chi connectivity index (χ3v) is 6.17. The fraction of sp³-hybridized carbons (Fsp3) is 0.571. The van der Waals surface area contributed by atoms with Crippen LogP contribution in [0.25, 0.3) is 0 Å². The predicted molar refractivity (Wildman–Crippen MR) is 137 cm³/mol. The number of hydrogen-bond donors (Lipinski definition) is 1.